The van der Waals surface area contributed by atoms with Crippen LogP contribution in [0.4, 0.5) is 0 Å². The van der Waals surface area contributed by atoms with Crippen molar-refractivity contribution in [1.82, 2.24) is 4.90 Å². The first-order chi connectivity index (χ1) is 7.08. The molecule has 1 N–H and O–H groups in total. The lowest BCUT2D eigenvalue weighted by Crippen LogP contribution is -2.47. The molecule has 0 aliphatic carbocycles. The van der Waals surface area contributed by atoms with Crippen LogP contribution in [0.5, 0.6) is 0 Å². The number of thioether (sulfide) groups is 1. The molecular weight excluding hydrogens is 210 g/mol. The predicted octanol–water partition coefficient (Wildman–Crippen LogP) is 1.11. The second-order valence-corrected chi connectivity index (χ2v) is 6.03. The van der Waals surface area contributed by atoms with Gasteiger partial charge in [0.25, 0.3) is 0 Å². The number of aliphatic hydroxyl groups is 1. The number of rotatable bonds is 1. The number of hydrogen-bond donors (Lipinski definition) is 1. The van der Waals surface area contributed by atoms with Crippen molar-refractivity contribution >= 4 is 17.7 Å². The van der Waals surface area contributed by atoms with E-state index in [0.29, 0.717) is 5.91 Å². The quantitative estimate of drug-likeness (QED) is 0.732. The molecule has 3 nitrogen and oxygen atoms in total. The van der Waals surface area contributed by atoms with E-state index in [1.807, 2.05) is 23.6 Å². The molecule has 0 bridgehead atoms. The maximum atomic E-state index is 12.0. The summed E-state index contributed by atoms with van der Waals surface area (Å²) in [4.78, 5) is 14.0. The third-order valence-electron chi connectivity index (χ3n) is 3.43. The van der Waals surface area contributed by atoms with Crippen LogP contribution in [0.1, 0.15) is 26.2 Å². The molecule has 0 aromatic rings. The lowest BCUT2D eigenvalue weighted by molar-refractivity contribution is -0.138. The van der Waals surface area contributed by atoms with Crippen molar-refractivity contribution in [3.8, 4) is 0 Å². The van der Waals surface area contributed by atoms with Gasteiger partial charge in [-0.05, 0) is 31.9 Å². The monoisotopic (exact) mass is 229 g/mol. The highest BCUT2D eigenvalue weighted by Gasteiger charge is 2.33. The van der Waals surface area contributed by atoms with E-state index in [4.69, 9.17) is 0 Å². The van der Waals surface area contributed by atoms with E-state index < -0.39 is 5.60 Å². The van der Waals surface area contributed by atoms with Gasteiger partial charge in [0.15, 0.2) is 0 Å². The first-order valence-electron chi connectivity index (χ1n) is 5.67. The molecule has 2 aliphatic rings. The van der Waals surface area contributed by atoms with Crippen LogP contribution in [0.3, 0.4) is 0 Å². The van der Waals surface area contributed by atoms with Gasteiger partial charge in [-0.15, -0.1) is 0 Å². The van der Waals surface area contributed by atoms with Crippen molar-refractivity contribution in [2.45, 2.75) is 31.8 Å². The third kappa shape index (κ3) is 2.67. The highest BCUT2D eigenvalue weighted by molar-refractivity contribution is 7.99. The number of carbonyl (C=O) groups excluding carboxylic acids is 1. The van der Waals surface area contributed by atoms with E-state index in [1.54, 1.807) is 0 Å². The van der Waals surface area contributed by atoms with Crippen LogP contribution >= 0.6 is 11.8 Å². The summed E-state index contributed by atoms with van der Waals surface area (Å²) in [5, 5.41) is 9.80. The minimum atomic E-state index is -0.554. The molecule has 1 amide bonds. The van der Waals surface area contributed by atoms with Crippen LogP contribution in [0.15, 0.2) is 0 Å². The van der Waals surface area contributed by atoms with Crippen LogP contribution in [-0.2, 0) is 4.79 Å². The lowest BCUT2D eigenvalue weighted by atomic mass is 9.93. The zero-order chi connectivity index (χ0) is 10.9. The summed E-state index contributed by atoms with van der Waals surface area (Å²) >= 11 is 1.88. The first-order valence-corrected chi connectivity index (χ1v) is 6.83. The summed E-state index contributed by atoms with van der Waals surface area (Å²) < 4.78 is 0. The van der Waals surface area contributed by atoms with E-state index in [0.717, 1.165) is 43.9 Å². The fourth-order valence-electron chi connectivity index (χ4n) is 2.20. The number of amides is 1. The average molecular weight is 229 g/mol. The number of likely N-dealkylation sites (tertiary alicyclic amines) is 1. The highest BCUT2D eigenvalue weighted by atomic mass is 32.2. The van der Waals surface area contributed by atoms with Crippen LogP contribution in [-0.4, -0.2) is 46.1 Å². The van der Waals surface area contributed by atoms with Gasteiger partial charge in [-0.1, -0.05) is 0 Å². The van der Waals surface area contributed by atoms with Crippen LogP contribution in [0, 0.1) is 5.92 Å². The van der Waals surface area contributed by atoms with Gasteiger partial charge in [0.1, 0.15) is 0 Å². The summed E-state index contributed by atoms with van der Waals surface area (Å²) in [6, 6.07) is 0. The molecule has 15 heavy (non-hydrogen) atoms. The highest BCUT2D eigenvalue weighted by Crippen LogP contribution is 2.28. The molecular formula is C11H19NO2S. The lowest BCUT2D eigenvalue weighted by Gasteiger charge is -2.36. The Hall–Kier alpha value is -0.220. The molecule has 4 heteroatoms. The van der Waals surface area contributed by atoms with Crippen molar-refractivity contribution in [2.24, 2.45) is 5.92 Å². The largest absolute Gasteiger partial charge is 0.390 e. The Morgan fingerprint density at radius 3 is 2.67 bits per heavy atom. The third-order valence-corrected chi connectivity index (χ3v) is 4.59. The molecule has 0 saturated carbocycles. The molecule has 0 aromatic heterocycles. The molecule has 1 atom stereocenters. The van der Waals surface area contributed by atoms with E-state index in [1.165, 1.54) is 0 Å². The maximum absolute atomic E-state index is 12.0. The Morgan fingerprint density at radius 2 is 2.13 bits per heavy atom. The standard InChI is InChI=1S/C11H19NO2S/c1-11(14)3-5-12(6-4-11)10(13)9-2-7-15-8-9/h9,14H,2-8H2,1H3. The van der Waals surface area contributed by atoms with Gasteiger partial charge >= 0.3 is 0 Å². The van der Waals surface area contributed by atoms with Gasteiger partial charge in [0.2, 0.25) is 5.91 Å². The van der Waals surface area contributed by atoms with Crippen molar-refractivity contribution in [1.29, 1.82) is 0 Å². The Balaban J connectivity index is 1.87. The second kappa shape index (κ2) is 4.34. The summed E-state index contributed by atoms with van der Waals surface area (Å²) in [6.07, 6.45) is 2.48. The average Bonchev–Trinajstić information content (AvgIpc) is 2.69. The Kier molecular flexibility index (Phi) is 3.26. The van der Waals surface area contributed by atoms with Gasteiger partial charge < -0.3 is 10.0 Å². The molecule has 2 fully saturated rings. The minimum Gasteiger partial charge on any atom is -0.390 e. The van der Waals surface area contributed by atoms with Gasteiger partial charge in [0, 0.05) is 24.8 Å². The molecule has 2 aliphatic heterocycles. The zero-order valence-corrected chi connectivity index (χ0v) is 10.1. The smallest absolute Gasteiger partial charge is 0.226 e. The molecule has 1 unspecified atom stereocenters. The van der Waals surface area contributed by atoms with E-state index in [-0.39, 0.29) is 5.92 Å². The second-order valence-electron chi connectivity index (χ2n) is 4.88. The van der Waals surface area contributed by atoms with Gasteiger partial charge in [0.05, 0.1) is 5.60 Å². The number of nitrogens with zero attached hydrogens (tertiary/aromatic N) is 1. The first kappa shape index (κ1) is 11.3. The molecule has 2 heterocycles. The molecule has 0 spiro atoms. The van der Waals surface area contributed by atoms with E-state index in [2.05, 4.69) is 0 Å². The SMILES string of the molecule is CC1(O)CCN(C(=O)C2CCSC2)CC1. The predicted molar refractivity (Wildman–Crippen MR) is 61.9 cm³/mol. The van der Waals surface area contributed by atoms with Gasteiger partial charge in [-0.3, -0.25) is 4.79 Å². The summed E-state index contributed by atoms with van der Waals surface area (Å²) in [7, 11) is 0. The van der Waals surface area contributed by atoms with E-state index in [9.17, 15) is 9.90 Å². The molecule has 86 valence electrons. The van der Waals surface area contributed by atoms with Crippen LogP contribution < -0.4 is 0 Å². The Bertz CT molecular complexity index is 239. The summed E-state index contributed by atoms with van der Waals surface area (Å²) in [6.45, 7) is 3.32. The van der Waals surface area contributed by atoms with Crippen LogP contribution in [0.25, 0.3) is 0 Å². The van der Waals surface area contributed by atoms with Gasteiger partial charge in [-0.2, -0.15) is 11.8 Å². The summed E-state index contributed by atoms with van der Waals surface area (Å²) in [5.41, 5.74) is -0.554. The van der Waals surface area contributed by atoms with E-state index >= 15 is 0 Å². The van der Waals surface area contributed by atoms with Crippen molar-refractivity contribution in [2.75, 3.05) is 24.6 Å². The maximum Gasteiger partial charge on any atom is 0.226 e. The van der Waals surface area contributed by atoms with Crippen LogP contribution in [0.2, 0.25) is 0 Å². The molecule has 2 saturated heterocycles. The molecule has 0 radical (unpaired) electrons. The summed E-state index contributed by atoms with van der Waals surface area (Å²) in [5.74, 6) is 2.68. The molecule has 2 rings (SSSR count). The van der Waals surface area contributed by atoms with Crippen molar-refractivity contribution in [3.63, 3.8) is 0 Å². The normalized spacial score (nSPS) is 30.5. The van der Waals surface area contributed by atoms with Gasteiger partial charge in [-0.25, -0.2) is 0 Å². The minimum absolute atomic E-state index is 0.248. The Labute approximate surface area is 95.2 Å². The number of piperidine rings is 1. The topological polar surface area (TPSA) is 40.5 Å². The molecule has 0 aromatic carbocycles. The fraction of sp³-hybridized carbons (Fsp3) is 0.909. The Morgan fingerprint density at radius 1 is 1.47 bits per heavy atom. The fourth-order valence-corrected chi connectivity index (χ4v) is 3.41. The zero-order valence-electron chi connectivity index (χ0n) is 9.24. The number of hydrogen-bond acceptors (Lipinski definition) is 3. The number of carbonyl (C=O) groups is 1. The van der Waals surface area contributed by atoms with Crippen molar-refractivity contribution in [3.05, 3.63) is 0 Å². The van der Waals surface area contributed by atoms with Crippen molar-refractivity contribution < 1.29 is 9.90 Å².